The molecule has 1 heterocycles. The van der Waals surface area contributed by atoms with Crippen LogP contribution in [0.3, 0.4) is 0 Å². The van der Waals surface area contributed by atoms with E-state index in [0.717, 1.165) is 5.69 Å². The smallest absolute Gasteiger partial charge is 0.149 e. The summed E-state index contributed by atoms with van der Waals surface area (Å²) >= 11 is 0. The highest BCUT2D eigenvalue weighted by atomic mass is 16.1. The molecule has 4 heteroatoms. The Morgan fingerprint density at radius 2 is 2.38 bits per heavy atom. The summed E-state index contributed by atoms with van der Waals surface area (Å²) in [6.45, 7) is 1.80. The molecule has 0 unspecified atom stereocenters. The Balaban J connectivity index is 2.55. The minimum absolute atomic E-state index is 0.0608. The second-order valence-electron chi connectivity index (χ2n) is 2.83. The van der Waals surface area contributed by atoms with Crippen molar-refractivity contribution in [1.82, 2.24) is 9.97 Å². The van der Waals surface area contributed by atoms with E-state index in [4.69, 9.17) is 5.73 Å². The van der Waals surface area contributed by atoms with E-state index in [1.165, 1.54) is 0 Å². The maximum absolute atomic E-state index is 11.1. The van der Waals surface area contributed by atoms with Crippen LogP contribution in [-0.4, -0.2) is 21.8 Å². The molecule has 1 atom stereocenters. The molecule has 1 aromatic rings. The highest BCUT2D eigenvalue weighted by Gasteiger charge is 2.12. The quantitative estimate of drug-likeness (QED) is 0.723. The van der Waals surface area contributed by atoms with Gasteiger partial charge in [-0.3, -0.25) is 14.8 Å². The van der Waals surface area contributed by atoms with Crippen molar-refractivity contribution in [3.63, 3.8) is 0 Å². The van der Waals surface area contributed by atoms with Gasteiger partial charge in [0.15, 0.2) is 0 Å². The Labute approximate surface area is 77.2 Å². The first-order chi connectivity index (χ1) is 6.24. The highest BCUT2D eigenvalue weighted by Crippen LogP contribution is 1.98. The largest absolute Gasteiger partial charge is 0.321 e. The van der Waals surface area contributed by atoms with E-state index in [-0.39, 0.29) is 5.78 Å². The zero-order valence-electron chi connectivity index (χ0n) is 7.60. The molecule has 0 aliphatic rings. The molecule has 4 nitrogen and oxygen atoms in total. The molecule has 0 aliphatic heterocycles. The summed E-state index contributed by atoms with van der Waals surface area (Å²) < 4.78 is 0. The number of hydrogen-bond acceptors (Lipinski definition) is 4. The van der Waals surface area contributed by atoms with Gasteiger partial charge in [-0.05, 0) is 0 Å². The highest BCUT2D eigenvalue weighted by molar-refractivity contribution is 5.83. The van der Waals surface area contributed by atoms with E-state index in [2.05, 4.69) is 9.97 Å². The van der Waals surface area contributed by atoms with Crippen LogP contribution in [0.15, 0.2) is 18.6 Å². The fraction of sp³-hybridized carbons (Fsp3) is 0.444. The normalized spacial score (nSPS) is 12.5. The fourth-order valence-electron chi connectivity index (χ4n) is 1.04. The first-order valence-electron chi connectivity index (χ1n) is 4.27. The van der Waals surface area contributed by atoms with E-state index in [1.54, 1.807) is 25.5 Å². The molecular weight excluding hydrogens is 166 g/mol. The molecule has 1 rings (SSSR count). The predicted molar refractivity (Wildman–Crippen MR) is 49.0 cm³/mol. The van der Waals surface area contributed by atoms with Gasteiger partial charge in [-0.1, -0.05) is 6.92 Å². The van der Waals surface area contributed by atoms with Crippen LogP contribution in [0, 0.1) is 0 Å². The standard InChI is InChI=1S/C9H13N3O/c1-2-9(13)8(10)5-7-6-11-3-4-12-7/h3-4,6,8H,2,5,10H2,1H3/t8-/m0/s1. The number of Topliss-reactive ketones (excluding diaryl/α,β-unsaturated/α-hetero) is 1. The van der Waals surface area contributed by atoms with Gasteiger partial charge >= 0.3 is 0 Å². The molecule has 13 heavy (non-hydrogen) atoms. The van der Waals surface area contributed by atoms with Gasteiger partial charge in [-0.15, -0.1) is 0 Å². The lowest BCUT2D eigenvalue weighted by Crippen LogP contribution is -2.32. The lowest BCUT2D eigenvalue weighted by atomic mass is 10.1. The molecule has 0 bridgehead atoms. The van der Waals surface area contributed by atoms with Gasteiger partial charge in [0.1, 0.15) is 5.78 Å². The number of rotatable bonds is 4. The molecule has 0 fully saturated rings. The molecule has 1 aromatic heterocycles. The van der Waals surface area contributed by atoms with Gasteiger partial charge in [0, 0.05) is 31.4 Å². The number of carbonyl (C=O) groups excluding carboxylic acids is 1. The van der Waals surface area contributed by atoms with Crippen LogP contribution >= 0.6 is 0 Å². The summed E-state index contributed by atoms with van der Waals surface area (Å²) in [5, 5.41) is 0. The summed E-state index contributed by atoms with van der Waals surface area (Å²) in [7, 11) is 0. The molecule has 0 spiro atoms. The molecule has 0 aromatic carbocycles. The van der Waals surface area contributed by atoms with Gasteiger partial charge < -0.3 is 5.73 Å². The zero-order chi connectivity index (χ0) is 9.68. The number of carbonyl (C=O) groups is 1. The van der Waals surface area contributed by atoms with Crippen molar-refractivity contribution in [1.29, 1.82) is 0 Å². The maximum Gasteiger partial charge on any atom is 0.149 e. The first-order valence-corrected chi connectivity index (χ1v) is 4.27. The van der Waals surface area contributed by atoms with Crippen molar-refractivity contribution in [2.45, 2.75) is 25.8 Å². The Morgan fingerprint density at radius 3 is 2.92 bits per heavy atom. The Morgan fingerprint density at radius 1 is 1.62 bits per heavy atom. The van der Waals surface area contributed by atoms with Crippen LogP contribution < -0.4 is 5.73 Å². The monoisotopic (exact) mass is 179 g/mol. The lowest BCUT2D eigenvalue weighted by molar-refractivity contribution is -0.119. The molecule has 0 saturated heterocycles. The minimum Gasteiger partial charge on any atom is -0.321 e. The van der Waals surface area contributed by atoms with Gasteiger partial charge in [0.05, 0.1) is 11.7 Å². The fourth-order valence-corrected chi connectivity index (χ4v) is 1.04. The number of nitrogens with zero attached hydrogens (tertiary/aromatic N) is 2. The zero-order valence-corrected chi connectivity index (χ0v) is 7.60. The van der Waals surface area contributed by atoms with Crippen molar-refractivity contribution >= 4 is 5.78 Å². The number of nitrogens with two attached hydrogens (primary N) is 1. The third-order valence-corrected chi connectivity index (χ3v) is 1.81. The molecule has 0 amide bonds. The molecule has 0 saturated carbocycles. The number of aromatic nitrogens is 2. The van der Waals surface area contributed by atoms with Crippen LogP contribution in [0.25, 0.3) is 0 Å². The lowest BCUT2D eigenvalue weighted by Gasteiger charge is -2.07. The SMILES string of the molecule is CCC(=O)[C@@H](N)Cc1cnccn1. The van der Waals surface area contributed by atoms with Crippen molar-refractivity contribution in [3.05, 3.63) is 24.3 Å². The van der Waals surface area contributed by atoms with Crippen molar-refractivity contribution in [2.24, 2.45) is 5.73 Å². The second kappa shape index (κ2) is 4.67. The Kier molecular flexibility index (Phi) is 3.52. The summed E-state index contributed by atoms with van der Waals surface area (Å²) in [5.74, 6) is 0.0608. The first kappa shape index (κ1) is 9.80. The Hall–Kier alpha value is -1.29. The summed E-state index contributed by atoms with van der Waals surface area (Å²) in [6, 6.07) is -0.443. The molecule has 0 radical (unpaired) electrons. The van der Waals surface area contributed by atoms with E-state index in [1.807, 2.05) is 0 Å². The topological polar surface area (TPSA) is 68.9 Å². The third-order valence-electron chi connectivity index (χ3n) is 1.81. The average Bonchev–Trinajstić information content (AvgIpc) is 2.18. The van der Waals surface area contributed by atoms with Crippen molar-refractivity contribution < 1.29 is 4.79 Å². The van der Waals surface area contributed by atoms with E-state index in [0.29, 0.717) is 12.8 Å². The number of ketones is 1. The van der Waals surface area contributed by atoms with Gasteiger partial charge in [0.25, 0.3) is 0 Å². The van der Waals surface area contributed by atoms with Crippen molar-refractivity contribution in [2.75, 3.05) is 0 Å². The second-order valence-corrected chi connectivity index (χ2v) is 2.83. The molecular formula is C9H13N3O. The summed E-state index contributed by atoms with van der Waals surface area (Å²) in [4.78, 5) is 19.1. The van der Waals surface area contributed by atoms with Crippen LogP contribution in [0.4, 0.5) is 0 Å². The average molecular weight is 179 g/mol. The number of hydrogen-bond donors (Lipinski definition) is 1. The van der Waals surface area contributed by atoms with E-state index >= 15 is 0 Å². The van der Waals surface area contributed by atoms with Gasteiger partial charge in [-0.25, -0.2) is 0 Å². The molecule has 0 aliphatic carbocycles. The van der Waals surface area contributed by atoms with Gasteiger partial charge in [0.2, 0.25) is 0 Å². The van der Waals surface area contributed by atoms with Crippen LogP contribution in [0.2, 0.25) is 0 Å². The van der Waals surface area contributed by atoms with Crippen LogP contribution in [0.1, 0.15) is 19.0 Å². The summed E-state index contributed by atoms with van der Waals surface area (Å²) in [5.41, 5.74) is 6.40. The minimum atomic E-state index is -0.443. The molecule has 70 valence electrons. The third kappa shape index (κ3) is 2.91. The Bertz CT molecular complexity index is 273. The van der Waals surface area contributed by atoms with E-state index < -0.39 is 6.04 Å². The predicted octanol–water partition coefficient (Wildman–Crippen LogP) is 0.325. The van der Waals surface area contributed by atoms with Crippen LogP contribution in [0.5, 0.6) is 0 Å². The maximum atomic E-state index is 11.1. The van der Waals surface area contributed by atoms with Gasteiger partial charge in [-0.2, -0.15) is 0 Å². The van der Waals surface area contributed by atoms with Crippen molar-refractivity contribution in [3.8, 4) is 0 Å². The summed E-state index contributed by atoms with van der Waals surface area (Å²) in [6.07, 6.45) is 5.76. The molecule has 2 N–H and O–H groups in total. The van der Waals surface area contributed by atoms with E-state index in [9.17, 15) is 4.79 Å². The van der Waals surface area contributed by atoms with Crippen LogP contribution in [-0.2, 0) is 11.2 Å².